The highest BCUT2D eigenvalue weighted by Crippen LogP contribution is 2.22. The quantitative estimate of drug-likeness (QED) is 0.690. The number of rotatable bonds is 5. The summed E-state index contributed by atoms with van der Waals surface area (Å²) in [5.74, 6) is 0.678. The number of amides is 1. The van der Waals surface area contributed by atoms with Crippen LogP contribution in [0.4, 0.5) is 5.82 Å². The van der Waals surface area contributed by atoms with Gasteiger partial charge < -0.3 is 10.6 Å². The van der Waals surface area contributed by atoms with Gasteiger partial charge >= 0.3 is 0 Å². The average molecular weight is 413 g/mol. The highest BCUT2D eigenvalue weighted by Gasteiger charge is 2.23. The van der Waals surface area contributed by atoms with Crippen LogP contribution in [0.5, 0.6) is 0 Å². The van der Waals surface area contributed by atoms with Crippen LogP contribution in [-0.2, 0) is 11.3 Å². The van der Waals surface area contributed by atoms with E-state index in [-0.39, 0.29) is 5.91 Å². The van der Waals surface area contributed by atoms with Gasteiger partial charge in [0.15, 0.2) is 0 Å². The molecule has 0 aliphatic carbocycles. The van der Waals surface area contributed by atoms with Crippen LogP contribution in [0.1, 0.15) is 10.4 Å². The molecule has 1 saturated heterocycles. The molecule has 1 aromatic carbocycles. The minimum Gasteiger partial charge on any atom is -0.384 e. The molecular weight excluding hydrogens is 392 g/mol. The molecule has 2 N–H and O–H groups in total. The summed E-state index contributed by atoms with van der Waals surface area (Å²) < 4.78 is 0.788. The first kappa shape index (κ1) is 18.9. The maximum atomic E-state index is 12.6. The SMILES string of the molecule is Nc1ccc2cc(CN3CCN(C/C=C/c4ccc(Cl)s4)CC3=O)ccc2n1. The van der Waals surface area contributed by atoms with Crippen molar-refractivity contribution in [2.45, 2.75) is 6.54 Å². The number of hydrogen-bond donors (Lipinski definition) is 1. The number of aromatic nitrogens is 1. The third kappa shape index (κ3) is 4.52. The molecule has 1 aliphatic heterocycles. The summed E-state index contributed by atoms with van der Waals surface area (Å²) in [5, 5.41) is 1.04. The van der Waals surface area contributed by atoms with Gasteiger partial charge in [-0.15, -0.1) is 11.3 Å². The summed E-state index contributed by atoms with van der Waals surface area (Å²) in [4.78, 5) is 22.1. The van der Waals surface area contributed by atoms with Gasteiger partial charge in [-0.05, 0) is 48.0 Å². The molecule has 0 spiro atoms. The van der Waals surface area contributed by atoms with Gasteiger partial charge in [-0.2, -0.15) is 0 Å². The number of carbonyl (C=O) groups excluding carboxylic acids is 1. The van der Waals surface area contributed by atoms with E-state index in [0.717, 1.165) is 45.3 Å². The molecule has 2 aromatic heterocycles. The molecule has 3 heterocycles. The average Bonchev–Trinajstić information content (AvgIpc) is 3.09. The Morgan fingerprint density at radius 1 is 1.18 bits per heavy atom. The van der Waals surface area contributed by atoms with E-state index in [1.165, 1.54) is 0 Å². The Labute approximate surface area is 173 Å². The van der Waals surface area contributed by atoms with Gasteiger partial charge in [-0.3, -0.25) is 9.69 Å². The molecule has 0 unspecified atom stereocenters. The van der Waals surface area contributed by atoms with Gasteiger partial charge in [0.1, 0.15) is 5.82 Å². The van der Waals surface area contributed by atoms with Gasteiger partial charge in [0, 0.05) is 36.4 Å². The summed E-state index contributed by atoms with van der Waals surface area (Å²) >= 11 is 7.50. The van der Waals surface area contributed by atoms with Crippen LogP contribution in [0.25, 0.3) is 17.0 Å². The zero-order valence-electron chi connectivity index (χ0n) is 15.3. The zero-order valence-corrected chi connectivity index (χ0v) is 16.9. The van der Waals surface area contributed by atoms with Gasteiger partial charge in [0.2, 0.25) is 5.91 Å². The summed E-state index contributed by atoms with van der Waals surface area (Å²) in [6, 6.07) is 13.7. The normalized spacial score (nSPS) is 15.8. The molecule has 0 saturated carbocycles. The van der Waals surface area contributed by atoms with E-state index in [1.807, 2.05) is 35.2 Å². The van der Waals surface area contributed by atoms with E-state index in [9.17, 15) is 4.79 Å². The number of nitrogens with two attached hydrogens (primary N) is 1. The fourth-order valence-electron chi connectivity index (χ4n) is 3.33. The number of anilines is 1. The molecule has 7 heteroatoms. The molecule has 5 nitrogen and oxygen atoms in total. The second-order valence-corrected chi connectivity index (χ2v) is 8.60. The van der Waals surface area contributed by atoms with Crippen molar-refractivity contribution < 1.29 is 4.79 Å². The van der Waals surface area contributed by atoms with Gasteiger partial charge in [-0.25, -0.2) is 4.98 Å². The Kier molecular flexibility index (Phi) is 5.62. The molecule has 28 heavy (non-hydrogen) atoms. The summed E-state index contributed by atoms with van der Waals surface area (Å²) in [6.07, 6.45) is 4.15. The molecule has 4 rings (SSSR count). The van der Waals surface area contributed by atoms with Crippen LogP contribution >= 0.6 is 22.9 Å². The number of benzene rings is 1. The molecule has 0 atom stereocenters. The van der Waals surface area contributed by atoms with Crippen molar-refractivity contribution in [3.8, 4) is 0 Å². The van der Waals surface area contributed by atoms with Gasteiger partial charge in [0.25, 0.3) is 0 Å². The number of hydrogen-bond acceptors (Lipinski definition) is 5. The smallest absolute Gasteiger partial charge is 0.237 e. The van der Waals surface area contributed by atoms with E-state index in [4.69, 9.17) is 17.3 Å². The maximum Gasteiger partial charge on any atom is 0.237 e. The molecular formula is C21H21ClN4OS. The highest BCUT2D eigenvalue weighted by atomic mass is 35.5. The first-order chi connectivity index (χ1) is 13.6. The lowest BCUT2D eigenvalue weighted by molar-refractivity contribution is -0.136. The van der Waals surface area contributed by atoms with Crippen LogP contribution < -0.4 is 5.73 Å². The van der Waals surface area contributed by atoms with Crippen molar-refractivity contribution in [3.63, 3.8) is 0 Å². The number of piperazine rings is 1. The lowest BCUT2D eigenvalue weighted by atomic mass is 10.1. The van der Waals surface area contributed by atoms with Gasteiger partial charge in [0.05, 0.1) is 16.4 Å². The summed E-state index contributed by atoms with van der Waals surface area (Å²) in [7, 11) is 0. The van der Waals surface area contributed by atoms with Crippen LogP contribution in [0, 0.1) is 0 Å². The third-order valence-corrected chi connectivity index (χ3v) is 5.98. The zero-order chi connectivity index (χ0) is 19.5. The van der Waals surface area contributed by atoms with Crippen LogP contribution in [0.15, 0.2) is 48.5 Å². The number of carbonyl (C=O) groups is 1. The summed E-state index contributed by atoms with van der Waals surface area (Å²) in [6.45, 7) is 3.43. The topological polar surface area (TPSA) is 62.5 Å². The monoisotopic (exact) mass is 412 g/mol. The molecule has 1 fully saturated rings. The number of pyridine rings is 1. The standard InChI is InChI=1S/C21H21ClN4OS/c22-19-7-5-17(28-19)2-1-9-25-10-11-26(21(27)14-25)13-15-3-6-18-16(12-15)4-8-20(23)24-18/h1-8,12H,9-11,13-14H2,(H2,23,24)/b2-1+. The highest BCUT2D eigenvalue weighted by molar-refractivity contribution is 7.16. The Morgan fingerprint density at radius 2 is 2.07 bits per heavy atom. The molecule has 0 bridgehead atoms. The second kappa shape index (κ2) is 8.31. The Hall–Kier alpha value is -2.41. The minimum absolute atomic E-state index is 0.161. The first-order valence-electron chi connectivity index (χ1n) is 9.14. The van der Waals surface area contributed by atoms with Crippen molar-refractivity contribution in [1.82, 2.24) is 14.8 Å². The number of nitrogens with zero attached hydrogens (tertiary/aromatic N) is 3. The minimum atomic E-state index is 0.161. The molecule has 1 amide bonds. The first-order valence-corrected chi connectivity index (χ1v) is 10.3. The lowest BCUT2D eigenvalue weighted by Crippen LogP contribution is -2.49. The van der Waals surface area contributed by atoms with Crippen molar-refractivity contribution in [3.05, 3.63) is 63.3 Å². The number of halogens is 1. The van der Waals surface area contributed by atoms with E-state index < -0.39 is 0 Å². The molecule has 144 valence electrons. The van der Waals surface area contributed by atoms with Crippen molar-refractivity contribution in [2.24, 2.45) is 0 Å². The van der Waals surface area contributed by atoms with Crippen LogP contribution in [0.3, 0.4) is 0 Å². The lowest BCUT2D eigenvalue weighted by Gasteiger charge is -2.33. The maximum absolute atomic E-state index is 12.6. The third-order valence-electron chi connectivity index (χ3n) is 4.79. The second-order valence-electron chi connectivity index (χ2n) is 6.86. The van der Waals surface area contributed by atoms with Gasteiger partial charge in [-0.1, -0.05) is 23.7 Å². The van der Waals surface area contributed by atoms with Crippen molar-refractivity contribution in [1.29, 1.82) is 0 Å². The fraction of sp³-hybridized carbons (Fsp3) is 0.238. The van der Waals surface area contributed by atoms with Crippen LogP contribution in [0.2, 0.25) is 4.34 Å². The Balaban J connectivity index is 1.33. The number of fused-ring (bicyclic) bond motifs is 1. The Bertz CT molecular complexity index is 1030. The van der Waals surface area contributed by atoms with E-state index >= 15 is 0 Å². The molecule has 3 aromatic rings. The predicted molar refractivity (Wildman–Crippen MR) is 116 cm³/mol. The van der Waals surface area contributed by atoms with E-state index in [2.05, 4.69) is 28.1 Å². The van der Waals surface area contributed by atoms with Crippen LogP contribution in [-0.4, -0.2) is 46.9 Å². The fourth-order valence-corrected chi connectivity index (χ4v) is 4.32. The van der Waals surface area contributed by atoms with E-state index in [1.54, 1.807) is 17.4 Å². The Morgan fingerprint density at radius 3 is 2.86 bits per heavy atom. The molecule has 1 aliphatic rings. The summed E-state index contributed by atoms with van der Waals surface area (Å²) in [5.41, 5.74) is 7.71. The largest absolute Gasteiger partial charge is 0.384 e. The predicted octanol–water partition coefficient (Wildman–Crippen LogP) is 3.89. The van der Waals surface area contributed by atoms with E-state index in [0.29, 0.717) is 18.9 Å². The molecule has 0 radical (unpaired) electrons. The number of thiophene rings is 1. The number of nitrogen functional groups attached to an aromatic ring is 1. The van der Waals surface area contributed by atoms with Crippen molar-refractivity contribution in [2.75, 3.05) is 31.9 Å². The van der Waals surface area contributed by atoms with Crippen molar-refractivity contribution >= 4 is 51.6 Å².